The molecule has 0 atom stereocenters. The third kappa shape index (κ3) is 3.72. The molecule has 2 rings (SSSR count). The fourth-order valence-electron chi connectivity index (χ4n) is 3.00. The molecule has 19 heavy (non-hydrogen) atoms. The Hall–Kier alpha value is -1.51. The number of nitrogen functional groups attached to an aromatic ring is 1. The highest BCUT2D eigenvalue weighted by Crippen LogP contribution is 2.24. The van der Waals surface area contributed by atoms with Gasteiger partial charge in [0.2, 0.25) is 5.91 Å². The molecule has 0 saturated heterocycles. The van der Waals surface area contributed by atoms with Crippen molar-refractivity contribution in [1.82, 2.24) is 4.90 Å². The van der Waals surface area contributed by atoms with Crippen LogP contribution in [0, 0.1) is 0 Å². The fourth-order valence-corrected chi connectivity index (χ4v) is 3.00. The first-order chi connectivity index (χ1) is 9.20. The summed E-state index contributed by atoms with van der Waals surface area (Å²) in [5.41, 5.74) is 7.68. The maximum absolute atomic E-state index is 12.3. The molecule has 0 radical (unpaired) electrons. The summed E-state index contributed by atoms with van der Waals surface area (Å²) in [5, 5.41) is 0. The highest BCUT2D eigenvalue weighted by atomic mass is 16.2. The summed E-state index contributed by atoms with van der Waals surface area (Å²) >= 11 is 0. The first-order valence-electron chi connectivity index (χ1n) is 7.34. The van der Waals surface area contributed by atoms with Crippen molar-refractivity contribution in [2.75, 3.05) is 12.3 Å². The van der Waals surface area contributed by atoms with Crippen LogP contribution in [0.15, 0.2) is 24.3 Å². The van der Waals surface area contributed by atoms with Crippen LogP contribution in [0.2, 0.25) is 0 Å². The number of nitrogens with two attached hydrogens (primary N) is 1. The Morgan fingerprint density at radius 2 is 2.11 bits per heavy atom. The van der Waals surface area contributed by atoms with Crippen LogP contribution in [-0.2, 0) is 11.2 Å². The van der Waals surface area contributed by atoms with Crippen molar-refractivity contribution in [2.24, 2.45) is 0 Å². The van der Waals surface area contributed by atoms with E-state index in [0.717, 1.165) is 24.2 Å². The highest BCUT2D eigenvalue weighted by Gasteiger charge is 2.24. The molecule has 1 saturated carbocycles. The molecular formula is C16H24N2O. The van der Waals surface area contributed by atoms with Crippen molar-refractivity contribution in [3.8, 4) is 0 Å². The largest absolute Gasteiger partial charge is 0.399 e. The number of amides is 1. The Morgan fingerprint density at radius 1 is 1.37 bits per heavy atom. The van der Waals surface area contributed by atoms with Gasteiger partial charge < -0.3 is 10.6 Å². The lowest BCUT2D eigenvalue weighted by molar-refractivity contribution is -0.133. The monoisotopic (exact) mass is 260 g/mol. The van der Waals surface area contributed by atoms with E-state index < -0.39 is 0 Å². The van der Waals surface area contributed by atoms with Crippen LogP contribution in [-0.4, -0.2) is 23.4 Å². The molecule has 1 aromatic carbocycles. The minimum Gasteiger partial charge on any atom is -0.399 e. The van der Waals surface area contributed by atoms with Crippen LogP contribution in [0.25, 0.3) is 0 Å². The number of hydrogen-bond donors (Lipinski definition) is 1. The maximum atomic E-state index is 12.3. The number of carbonyl (C=O) groups is 1. The molecule has 1 amide bonds. The molecule has 3 heteroatoms. The van der Waals surface area contributed by atoms with Crippen LogP contribution in [0.3, 0.4) is 0 Å². The Morgan fingerprint density at radius 3 is 2.74 bits per heavy atom. The van der Waals surface area contributed by atoms with E-state index in [-0.39, 0.29) is 5.91 Å². The third-order valence-corrected chi connectivity index (χ3v) is 4.01. The predicted octanol–water partition coefficient (Wildman–Crippen LogP) is 2.99. The molecule has 0 bridgehead atoms. The second-order valence-corrected chi connectivity index (χ2v) is 5.36. The lowest BCUT2D eigenvalue weighted by atomic mass is 10.1. The summed E-state index contributed by atoms with van der Waals surface area (Å²) in [7, 11) is 0. The van der Waals surface area contributed by atoms with E-state index in [1.54, 1.807) is 0 Å². The van der Waals surface area contributed by atoms with Crippen LogP contribution < -0.4 is 5.73 Å². The molecule has 1 aliphatic carbocycles. The van der Waals surface area contributed by atoms with Crippen molar-refractivity contribution < 1.29 is 4.79 Å². The second-order valence-electron chi connectivity index (χ2n) is 5.36. The Kier molecular flexibility index (Phi) is 4.83. The SMILES string of the molecule is CCN(C(=O)CCc1cccc(N)c1)C1CCCC1. The van der Waals surface area contributed by atoms with E-state index in [9.17, 15) is 4.79 Å². The standard InChI is InChI=1S/C16H24N2O/c1-2-18(15-8-3-4-9-15)16(19)11-10-13-6-5-7-14(17)12-13/h5-7,12,15H,2-4,8-11,17H2,1H3. The summed E-state index contributed by atoms with van der Waals surface area (Å²) in [5.74, 6) is 0.289. The molecule has 0 unspecified atom stereocenters. The number of benzene rings is 1. The van der Waals surface area contributed by atoms with E-state index in [0.29, 0.717) is 12.5 Å². The molecule has 1 aromatic rings. The van der Waals surface area contributed by atoms with Gasteiger partial charge in [-0.25, -0.2) is 0 Å². The zero-order valence-electron chi connectivity index (χ0n) is 11.8. The molecule has 0 aromatic heterocycles. The minimum absolute atomic E-state index is 0.289. The topological polar surface area (TPSA) is 46.3 Å². The van der Waals surface area contributed by atoms with Gasteiger partial charge in [-0.05, 0) is 43.9 Å². The summed E-state index contributed by atoms with van der Waals surface area (Å²) in [4.78, 5) is 14.4. The van der Waals surface area contributed by atoms with Gasteiger partial charge in [-0.1, -0.05) is 25.0 Å². The molecule has 104 valence electrons. The van der Waals surface area contributed by atoms with Crippen LogP contribution in [0.1, 0.15) is 44.6 Å². The van der Waals surface area contributed by atoms with Gasteiger partial charge in [-0.3, -0.25) is 4.79 Å². The quantitative estimate of drug-likeness (QED) is 0.827. The van der Waals surface area contributed by atoms with E-state index >= 15 is 0 Å². The first kappa shape index (κ1) is 13.9. The van der Waals surface area contributed by atoms with Crippen molar-refractivity contribution in [3.63, 3.8) is 0 Å². The molecule has 0 spiro atoms. The zero-order valence-corrected chi connectivity index (χ0v) is 11.8. The van der Waals surface area contributed by atoms with Crippen molar-refractivity contribution in [2.45, 2.75) is 51.5 Å². The van der Waals surface area contributed by atoms with Gasteiger partial charge in [0, 0.05) is 24.7 Å². The van der Waals surface area contributed by atoms with Crippen LogP contribution in [0.5, 0.6) is 0 Å². The number of hydrogen-bond acceptors (Lipinski definition) is 2. The second kappa shape index (κ2) is 6.60. The van der Waals surface area contributed by atoms with Crippen LogP contribution >= 0.6 is 0 Å². The lowest BCUT2D eigenvalue weighted by Crippen LogP contribution is -2.38. The molecule has 1 aliphatic rings. The van der Waals surface area contributed by atoms with Gasteiger partial charge >= 0.3 is 0 Å². The van der Waals surface area contributed by atoms with Gasteiger partial charge in [0.05, 0.1) is 0 Å². The van der Waals surface area contributed by atoms with Gasteiger partial charge in [0.15, 0.2) is 0 Å². The number of aryl methyl sites for hydroxylation is 1. The van der Waals surface area contributed by atoms with E-state index in [4.69, 9.17) is 5.73 Å². The normalized spacial score (nSPS) is 15.6. The minimum atomic E-state index is 0.289. The first-order valence-corrected chi connectivity index (χ1v) is 7.34. The average molecular weight is 260 g/mol. The van der Waals surface area contributed by atoms with E-state index in [1.165, 1.54) is 25.7 Å². The molecular weight excluding hydrogens is 236 g/mol. The summed E-state index contributed by atoms with van der Waals surface area (Å²) in [6.45, 7) is 2.91. The third-order valence-electron chi connectivity index (χ3n) is 4.01. The predicted molar refractivity (Wildman–Crippen MR) is 78.8 cm³/mol. The van der Waals surface area contributed by atoms with Gasteiger partial charge in [0.25, 0.3) is 0 Å². The number of rotatable bonds is 5. The fraction of sp³-hybridized carbons (Fsp3) is 0.562. The van der Waals surface area contributed by atoms with Crippen molar-refractivity contribution >= 4 is 11.6 Å². The Bertz CT molecular complexity index is 425. The summed E-state index contributed by atoms with van der Waals surface area (Å²) in [6.07, 6.45) is 6.27. The summed E-state index contributed by atoms with van der Waals surface area (Å²) in [6, 6.07) is 8.30. The molecule has 1 fully saturated rings. The van der Waals surface area contributed by atoms with Crippen molar-refractivity contribution in [3.05, 3.63) is 29.8 Å². The lowest BCUT2D eigenvalue weighted by Gasteiger charge is -2.27. The zero-order chi connectivity index (χ0) is 13.7. The smallest absolute Gasteiger partial charge is 0.223 e. The number of anilines is 1. The van der Waals surface area contributed by atoms with Crippen LogP contribution in [0.4, 0.5) is 5.69 Å². The molecule has 3 nitrogen and oxygen atoms in total. The Balaban J connectivity index is 1.88. The van der Waals surface area contributed by atoms with Crippen molar-refractivity contribution in [1.29, 1.82) is 0 Å². The van der Waals surface area contributed by atoms with Gasteiger partial charge in [-0.2, -0.15) is 0 Å². The maximum Gasteiger partial charge on any atom is 0.223 e. The molecule has 2 N–H and O–H groups in total. The van der Waals surface area contributed by atoms with E-state index in [2.05, 4.69) is 11.8 Å². The van der Waals surface area contributed by atoms with Gasteiger partial charge in [-0.15, -0.1) is 0 Å². The number of nitrogens with zero attached hydrogens (tertiary/aromatic N) is 1. The summed E-state index contributed by atoms with van der Waals surface area (Å²) < 4.78 is 0. The molecule has 0 heterocycles. The van der Waals surface area contributed by atoms with E-state index in [1.807, 2.05) is 24.3 Å². The Labute approximate surface area is 115 Å². The highest BCUT2D eigenvalue weighted by molar-refractivity contribution is 5.76. The number of carbonyl (C=O) groups excluding carboxylic acids is 1. The average Bonchev–Trinajstić information content (AvgIpc) is 2.91. The molecule has 0 aliphatic heterocycles. The van der Waals surface area contributed by atoms with Gasteiger partial charge in [0.1, 0.15) is 0 Å².